The number of rotatable bonds is 3. The topological polar surface area (TPSA) is 79.7 Å². The molecular weight excluding hydrogens is 240 g/mol. The van der Waals surface area contributed by atoms with E-state index in [1.165, 1.54) is 11.5 Å². The Morgan fingerprint density at radius 1 is 1.67 bits per heavy atom. The molecule has 7 nitrogen and oxygen atoms in total. The molecule has 18 heavy (non-hydrogen) atoms. The molecule has 0 radical (unpaired) electrons. The zero-order valence-electron chi connectivity index (χ0n) is 10.2. The minimum absolute atomic E-state index is 0.0138. The van der Waals surface area contributed by atoms with Crippen molar-refractivity contribution in [1.29, 1.82) is 0 Å². The van der Waals surface area contributed by atoms with E-state index in [1.54, 1.807) is 19.2 Å². The fourth-order valence-corrected chi connectivity index (χ4v) is 1.58. The summed E-state index contributed by atoms with van der Waals surface area (Å²) in [4.78, 5) is 26.1. The van der Waals surface area contributed by atoms with Crippen LogP contribution in [0.25, 0.3) is 0 Å². The maximum Gasteiger partial charge on any atom is 0.349 e. The predicted octanol–water partition coefficient (Wildman–Crippen LogP) is -0.0137. The summed E-state index contributed by atoms with van der Waals surface area (Å²) in [6.07, 6.45) is 0.422. The highest BCUT2D eigenvalue weighted by molar-refractivity contribution is 5.65. The summed E-state index contributed by atoms with van der Waals surface area (Å²) in [5.74, 6) is -0.403. The monoisotopic (exact) mass is 254 g/mol. The van der Waals surface area contributed by atoms with E-state index in [9.17, 15) is 9.59 Å². The number of ether oxygens (including phenoxy) is 3. The van der Waals surface area contributed by atoms with E-state index in [1.807, 2.05) is 0 Å². The first-order valence-electron chi connectivity index (χ1n) is 5.52. The van der Waals surface area contributed by atoms with Crippen molar-refractivity contribution in [3.8, 4) is 0 Å². The number of hydrogen-bond donors (Lipinski definition) is 0. The molecule has 1 aromatic rings. The molecule has 0 amide bonds. The average Bonchev–Trinajstić information content (AvgIpc) is 2.75. The summed E-state index contributed by atoms with van der Waals surface area (Å²) >= 11 is 0. The summed E-state index contributed by atoms with van der Waals surface area (Å²) in [5, 5.41) is 0. The van der Waals surface area contributed by atoms with Gasteiger partial charge in [-0.25, -0.2) is 4.79 Å². The zero-order valence-corrected chi connectivity index (χ0v) is 10.2. The Kier molecular flexibility index (Phi) is 3.73. The van der Waals surface area contributed by atoms with E-state index >= 15 is 0 Å². The number of esters is 1. The molecule has 98 valence electrons. The third-order valence-corrected chi connectivity index (χ3v) is 2.44. The van der Waals surface area contributed by atoms with Crippen LogP contribution in [0.5, 0.6) is 0 Å². The first-order chi connectivity index (χ1) is 8.56. The summed E-state index contributed by atoms with van der Waals surface area (Å²) in [5.41, 5.74) is 0.253. The van der Waals surface area contributed by atoms with Crippen molar-refractivity contribution in [2.75, 3.05) is 13.2 Å². The summed E-state index contributed by atoms with van der Waals surface area (Å²) < 4.78 is 16.8. The minimum atomic E-state index is -0.646. The lowest BCUT2D eigenvalue weighted by molar-refractivity contribution is -0.156. The van der Waals surface area contributed by atoms with Gasteiger partial charge in [-0.2, -0.15) is 4.98 Å². The SMILES string of the molecule is CC(=O)OC[C@H]1OC[C@@H](n2ccc(C)nc2=O)O1. The fraction of sp³-hybridized carbons (Fsp3) is 0.545. The highest BCUT2D eigenvalue weighted by Crippen LogP contribution is 2.19. The molecule has 1 saturated heterocycles. The normalized spacial score (nSPS) is 23.0. The Labute approximate surface area is 103 Å². The summed E-state index contributed by atoms with van der Waals surface area (Å²) in [6.45, 7) is 3.28. The van der Waals surface area contributed by atoms with Crippen LogP contribution >= 0.6 is 0 Å². The third-order valence-electron chi connectivity index (χ3n) is 2.44. The molecule has 0 bridgehead atoms. The van der Waals surface area contributed by atoms with Crippen LogP contribution < -0.4 is 5.69 Å². The number of carbonyl (C=O) groups excluding carboxylic acids is 1. The van der Waals surface area contributed by atoms with Gasteiger partial charge in [-0.05, 0) is 13.0 Å². The lowest BCUT2D eigenvalue weighted by atomic mass is 10.4. The van der Waals surface area contributed by atoms with E-state index in [2.05, 4.69) is 4.98 Å². The summed E-state index contributed by atoms with van der Waals surface area (Å²) in [6, 6.07) is 1.71. The van der Waals surface area contributed by atoms with E-state index in [0.29, 0.717) is 5.69 Å². The van der Waals surface area contributed by atoms with Crippen LogP contribution in [0.2, 0.25) is 0 Å². The van der Waals surface area contributed by atoms with Crippen LogP contribution in [-0.4, -0.2) is 35.0 Å². The van der Waals surface area contributed by atoms with Crippen molar-refractivity contribution in [2.45, 2.75) is 26.4 Å². The predicted molar refractivity (Wildman–Crippen MR) is 59.7 cm³/mol. The van der Waals surface area contributed by atoms with Crippen LogP contribution in [0.4, 0.5) is 0 Å². The standard InChI is InChI=1S/C11H14N2O5/c1-7-3-4-13(11(15)12-7)9-5-17-10(18-9)6-16-8(2)14/h3-4,9-10H,5-6H2,1-2H3/t9-,10-/m0/s1. The summed E-state index contributed by atoms with van der Waals surface area (Å²) in [7, 11) is 0. The second-order valence-corrected chi connectivity index (χ2v) is 3.91. The maximum atomic E-state index is 11.6. The van der Waals surface area contributed by atoms with Crippen molar-refractivity contribution in [2.24, 2.45) is 0 Å². The molecule has 0 saturated carbocycles. The maximum absolute atomic E-state index is 11.6. The second-order valence-electron chi connectivity index (χ2n) is 3.91. The van der Waals surface area contributed by atoms with Gasteiger partial charge in [0.25, 0.3) is 0 Å². The third kappa shape index (κ3) is 2.93. The smallest absolute Gasteiger partial charge is 0.349 e. The van der Waals surface area contributed by atoms with Crippen LogP contribution in [0, 0.1) is 6.92 Å². The second kappa shape index (κ2) is 5.28. The lowest BCUT2D eigenvalue weighted by Gasteiger charge is -2.13. The molecule has 7 heteroatoms. The van der Waals surface area contributed by atoms with E-state index in [4.69, 9.17) is 14.2 Å². The largest absolute Gasteiger partial charge is 0.460 e. The fourth-order valence-electron chi connectivity index (χ4n) is 1.58. The van der Waals surface area contributed by atoms with Crippen molar-refractivity contribution in [1.82, 2.24) is 9.55 Å². The van der Waals surface area contributed by atoms with Gasteiger partial charge in [-0.3, -0.25) is 9.36 Å². The zero-order chi connectivity index (χ0) is 13.1. The number of aryl methyl sites for hydroxylation is 1. The van der Waals surface area contributed by atoms with Gasteiger partial charge in [0, 0.05) is 18.8 Å². The Hall–Kier alpha value is -1.73. The molecule has 2 atom stereocenters. The lowest BCUT2D eigenvalue weighted by Crippen LogP contribution is -2.28. The molecule has 0 N–H and O–H groups in total. The molecule has 1 aliphatic heterocycles. The molecule has 0 unspecified atom stereocenters. The number of nitrogens with zero attached hydrogens (tertiary/aromatic N) is 2. The van der Waals surface area contributed by atoms with Crippen molar-refractivity contribution < 1.29 is 19.0 Å². The van der Waals surface area contributed by atoms with Gasteiger partial charge in [0.15, 0.2) is 12.5 Å². The van der Waals surface area contributed by atoms with Gasteiger partial charge in [0.1, 0.15) is 6.61 Å². The molecule has 1 aromatic heterocycles. The molecule has 0 spiro atoms. The van der Waals surface area contributed by atoms with Crippen LogP contribution in [0.15, 0.2) is 17.1 Å². The van der Waals surface area contributed by atoms with Gasteiger partial charge in [-0.15, -0.1) is 0 Å². The average molecular weight is 254 g/mol. The molecular formula is C11H14N2O5. The van der Waals surface area contributed by atoms with Crippen molar-refractivity contribution >= 4 is 5.97 Å². The number of aromatic nitrogens is 2. The Bertz CT molecular complexity index is 498. The molecule has 2 heterocycles. The Morgan fingerprint density at radius 2 is 2.44 bits per heavy atom. The van der Waals surface area contributed by atoms with E-state index in [-0.39, 0.29) is 13.2 Å². The number of carbonyl (C=O) groups is 1. The molecule has 0 aliphatic carbocycles. The Balaban J connectivity index is 2.00. The van der Waals surface area contributed by atoms with E-state index in [0.717, 1.165) is 0 Å². The van der Waals surface area contributed by atoms with Gasteiger partial charge in [-0.1, -0.05) is 0 Å². The number of hydrogen-bond acceptors (Lipinski definition) is 6. The molecule has 1 aliphatic rings. The van der Waals surface area contributed by atoms with Crippen LogP contribution in [0.1, 0.15) is 18.8 Å². The Morgan fingerprint density at radius 3 is 3.11 bits per heavy atom. The molecule has 0 aromatic carbocycles. The van der Waals surface area contributed by atoms with Crippen LogP contribution in [0.3, 0.4) is 0 Å². The minimum Gasteiger partial charge on any atom is -0.460 e. The highest BCUT2D eigenvalue weighted by atomic mass is 16.7. The van der Waals surface area contributed by atoms with Gasteiger partial charge in [0.05, 0.1) is 6.61 Å². The van der Waals surface area contributed by atoms with Gasteiger partial charge < -0.3 is 14.2 Å². The first-order valence-corrected chi connectivity index (χ1v) is 5.52. The van der Waals surface area contributed by atoms with Gasteiger partial charge >= 0.3 is 11.7 Å². The van der Waals surface area contributed by atoms with Crippen LogP contribution in [-0.2, 0) is 19.0 Å². The van der Waals surface area contributed by atoms with Crippen molar-refractivity contribution in [3.05, 3.63) is 28.4 Å². The van der Waals surface area contributed by atoms with Gasteiger partial charge in [0.2, 0.25) is 0 Å². The quantitative estimate of drug-likeness (QED) is 0.706. The molecule has 1 fully saturated rings. The van der Waals surface area contributed by atoms with Crippen molar-refractivity contribution in [3.63, 3.8) is 0 Å². The van der Waals surface area contributed by atoms with E-state index < -0.39 is 24.2 Å². The molecule has 2 rings (SSSR count). The highest BCUT2D eigenvalue weighted by Gasteiger charge is 2.28. The first kappa shape index (κ1) is 12.7.